The molecule has 1 aliphatic rings. The van der Waals surface area contributed by atoms with Crippen LogP contribution in [0, 0.1) is 0 Å². The van der Waals surface area contributed by atoms with Gasteiger partial charge in [-0.2, -0.15) is 0 Å². The summed E-state index contributed by atoms with van der Waals surface area (Å²) in [6, 6.07) is 18.4. The Hall–Kier alpha value is -2.45. The first-order valence-corrected chi connectivity index (χ1v) is 12.1. The highest BCUT2D eigenvalue weighted by molar-refractivity contribution is 9.10. The average Bonchev–Trinajstić information content (AvgIpc) is 3.13. The zero-order valence-electron chi connectivity index (χ0n) is 17.3. The molecule has 3 aromatic rings. The Kier molecular flexibility index (Phi) is 7.65. The standard InChI is InChI=1S/C24H17BrCl2N2O3S/c1-31-18-8-6-17(7-9-18)28-24-29-23(30)21(33-24)12-15-10-19(26)22(20(27)11-15)32-13-14-2-4-16(25)5-3-14/h2-12H,13H2,1H3,(H,28,29,30)/b21-12+. The molecule has 5 nitrogen and oxygen atoms in total. The van der Waals surface area contributed by atoms with Gasteiger partial charge in [-0.05, 0) is 77.5 Å². The van der Waals surface area contributed by atoms with Gasteiger partial charge in [-0.1, -0.05) is 51.3 Å². The van der Waals surface area contributed by atoms with Gasteiger partial charge in [0.25, 0.3) is 5.91 Å². The highest BCUT2D eigenvalue weighted by atomic mass is 79.9. The average molecular weight is 564 g/mol. The number of thioether (sulfide) groups is 1. The van der Waals surface area contributed by atoms with Crippen LogP contribution in [-0.4, -0.2) is 18.2 Å². The molecular formula is C24H17BrCl2N2O3S. The van der Waals surface area contributed by atoms with Gasteiger partial charge in [-0.15, -0.1) is 0 Å². The number of amides is 1. The van der Waals surface area contributed by atoms with Gasteiger partial charge >= 0.3 is 0 Å². The van der Waals surface area contributed by atoms with E-state index in [-0.39, 0.29) is 5.91 Å². The normalized spacial score (nSPS) is 15.7. The number of benzene rings is 3. The molecule has 0 radical (unpaired) electrons. The summed E-state index contributed by atoms with van der Waals surface area (Å²) < 4.78 is 12.0. The van der Waals surface area contributed by atoms with Crippen LogP contribution in [0.2, 0.25) is 10.0 Å². The first-order chi connectivity index (χ1) is 15.9. The third kappa shape index (κ3) is 6.12. The van der Waals surface area contributed by atoms with Gasteiger partial charge in [0.15, 0.2) is 10.9 Å². The van der Waals surface area contributed by atoms with Crippen LogP contribution < -0.4 is 14.8 Å². The van der Waals surface area contributed by atoms with Crippen molar-refractivity contribution in [2.24, 2.45) is 4.99 Å². The van der Waals surface area contributed by atoms with E-state index in [0.29, 0.717) is 43.7 Å². The van der Waals surface area contributed by atoms with E-state index in [1.165, 1.54) is 11.8 Å². The lowest BCUT2D eigenvalue weighted by molar-refractivity contribution is -0.115. The summed E-state index contributed by atoms with van der Waals surface area (Å²) in [4.78, 5) is 17.3. The van der Waals surface area contributed by atoms with E-state index in [0.717, 1.165) is 15.8 Å². The molecule has 0 saturated carbocycles. The second-order valence-corrected chi connectivity index (χ2v) is 9.67. The van der Waals surface area contributed by atoms with Crippen molar-refractivity contribution < 1.29 is 14.3 Å². The van der Waals surface area contributed by atoms with Crippen LogP contribution in [-0.2, 0) is 11.4 Å². The van der Waals surface area contributed by atoms with Crippen molar-refractivity contribution in [1.29, 1.82) is 0 Å². The number of aliphatic imine (C=N–C) groups is 1. The van der Waals surface area contributed by atoms with E-state index < -0.39 is 0 Å². The van der Waals surface area contributed by atoms with Gasteiger partial charge in [-0.3, -0.25) is 4.79 Å². The van der Waals surface area contributed by atoms with Gasteiger partial charge in [0.1, 0.15) is 12.4 Å². The Balaban J connectivity index is 1.48. The molecule has 4 rings (SSSR count). The summed E-state index contributed by atoms with van der Waals surface area (Å²) in [5, 5.41) is 3.98. The molecule has 0 atom stereocenters. The first kappa shape index (κ1) is 23.7. The second-order valence-electron chi connectivity index (χ2n) is 6.91. The number of halogens is 3. The lowest BCUT2D eigenvalue weighted by Crippen LogP contribution is -2.19. The molecule has 33 heavy (non-hydrogen) atoms. The molecule has 1 saturated heterocycles. The first-order valence-electron chi connectivity index (χ1n) is 9.71. The quantitative estimate of drug-likeness (QED) is 0.321. The van der Waals surface area contributed by atoms with Gasteiger partial charge in [0.2, 0.25) is 0 Å². The van der Waals surface area contributed by atoms with E-state index in [1.807, 2.05) is 48.5 Å². The molecular weight excluding hydrogens is 547 g/mol. The molecule has 0 aliphatic carbocycles. The fourth-order valence-corrected chi connectivity index (χ4v) is 4.66. The predicted octanol–water partition coefficient (Wildman–Crippen LogP) is 7.24. The summed E-state index contributed by atoms with van der Waals surface area (Å²) in [5.41, 5.74) is 2.38. The Bertz CT molecular complexity index is 1220. The molecule has 0 unspecified atom stereocenters. The van der Waals surface area contributed by atoms with Crippen molar-refractivity contribution in [1.82, 2.24) is 5.32 Å². The lowest BCUT2D eigenvalue weighted by atomic mass is 10.2. The Morgan fingerprint density at radius 1 is 1.06 bits per heavy atom. The van der Waals surface area contributed by atoms with Crippen LogP contribution in [0.4, 0.5) is 5.69 Å². The summed E-state index contributed by atoms with van der Waals surface area (Å²) >= 11 is 17.5. The van der Waals surface area contributed by atoms with E-state index >= 15 is 0 Å². The number of hydrogen-bond donors (Lipinski definition) is 1. The minimum absolute atomic E-state index is 0.241. The predicted molar refractivity (Wildman–Crippen MR) is 139 cm³/mol. The van der Waals surface area contributed by atoms with Crippen molar-refractivity contribution in [3.63, 3.8) is 0 Å². The molecule has 9 heteroatoms. The highest BCUT2D eigenvalue weighted by Crippen LogP contribution is 2.37. The number of amidine groups is 1. The minimum atomic E-state index is -0.241. The SMILES string of the molecule is COc1ccc(N=C2NC(=O)/C(=C\c3cc(Cl)c(OCc4ccc(Br)cc4)c(Cl)c3)S2)cc1. The molecule has 1 N–H and O–H groups in total. The third-order valence-electron chi connectivity index (χ3n) is 4.57. The number of nitrogens with zero attached hydrogens (tertiary/aromatic N) is 1. The van der Waals surface area contributed by atoms with E-state index in [9.17, 15) is 4.79 Å². The Morgan fingerprint density at radius 3 is 2.36 bits per heavy atom. The zero-order valence-corrected chi connectivity index (χ0v) is 21.2. The second kappa shape index (κ2) is 10.7. The summed E-state index contributed by atoms with van der Waals surface area (Å²) in [6.45, 7) is 0.330. The molecule has 0 spiro atoms. The van der Waals surface area contributed by atoms with Crippen molar-refractivity contribution in [2.75, 3.05) is 7.11 Å². The smallest absolute Gasteiger partial charge is 0.264 e. The highest BCUT2D eigenvalue weighted by Gasteiger charge is 2.24. The number of hydrogen-bond acceptors (Lipinski definition) is 5. The molecule has 3 aromatic carbocycles. The van der Waals surface area contributed by atoms with Crippen molar-refractivity contribution in [3.8, 4) is 11.5 Å². The molecule has 1 fully saturated rings. The number of ether oxygens (including phenoxy) is 2. The van der Waals surface area contributed by atoms with E-state index in [2.05, 4.69) is 26.2 Å². The maximum Gasteiger partial charge on any atom is 0.264 e. The summed E-state index contributed by atoms with van der Waals surface area (Å²) in [6.07, 6.45) is 1.72. The van der Waals surface area contributed by atoms with Gasteiger partial charge < -0.3 is 14.8 Å². The number of rotatable bonds is 6. The summed E-state index contributed by atoms with van der Waals surface area (Å²) in [7, 11) is 1.60. The monoisotopic (exact) mass is 562 g/mol. The van der Waals surface area contributed by atoms with Crippen LogP contribution in [0.15, 0.2) is 75.0 Å². The maximum atomic E-state index is 12.4. The number of carbonyl (C=O) groups excluding carboxylic acids is 1. The van der Waals surface area contributed by atoms with E-state index in [4.69, 9.17) is 32.7 Å². The maximum absolute atomic E-state index is 12.4. The van der Waals surface area contributed by atoms with Crippen molar-refractivity contribution in [3.05, 3.63) is 91.2 Å². The van der Waals surface area contributed by atoms with Crippen LogP contribution in [0.5, 0.6) is 11.5 Å². The molecule has 1 aliphatic heterocycles. The largest absolute Gasteiger partial charge is 0.497 e. The van der Waals surface area contributed by atoms with Crippen LogP contribution in [0.25, 0.3) is 6.08 Å². The van der Waals surface area contributed by atoms with Crippen molar-refractivity contribution >= 4 is 73.7 Å². The fourth-order valence-electron chi connectivity index (χ4n) is 2.94. The van der Waals surface area contributed by atoms with Crippen LogP contribution in [0.1, 0.15) is 11.1 Å². The van der Waals surface area contributed by atoms with Gasteiger partial charge in [0, 0.05) is 4.47 Å². The molecule has 0 aromatic heterocycles. The van der Waals surface area contributed by atoms with Gasteiger partial charge in [-0.25, -0.2) is 4.99 Å². The van der Waals surface area contributed by atoms with Crippen molar-refractivity contribution in [2.45, 2.75) is 6.61 Å². The third-order valence-corrected chi connectivity index (χ3v) is 6.57. The summed E-state index contributed by atoms with van der Waals surface area (Å²) in [5.74, 6) is 0.893. The number of methoxy groups -OCH3 is 1. The minimum Gasteiger partial charge on any atom is -0.497 e. The number of nitrogens with one attached hydrogen (secondary N) is 1. The number of carbonyl (C=O) groups is 1. The molecule has 1 heterocycles. The lowest BCUT2D eigenvalue weighted by Gasteiger charge is -2.11. The zero-order chi connectivity index (χ0) is 23.4. The molecule has 168 valence electrons. The van der Waals surface area contributed by atoms with E-state index in [1.54, 1.807) is 25.3 Å². The van der Waals surface area contributed by atoms with Crippen LogP contribution in [0.3, 0.4) is 0 Å². The fraction of sp³-hybridized carbons (Fsp3) is 0.0833. The molecule has 1 amide bonds. The Labute approximate surface area is 213 Å². The topological polar surface area (TPSA) is 59.9 Å². The molecule has 0 bridgehead atoms. The van der Waals surface area contributed by atoms with Gasteiger partial charge in [0.05, 0.1) is 27.7 Å². The Morgan fingerprint density at radius 2 is 1.73 bits per heavy atom. The van der Waals surface area contributed by atoms with Crippen LogP contribution >= 0.6 is 50.9 Å².